The molecular weight excluding hydrogens is 176 g/mol. The van der Waals surface area contributed by atoms with Crippen LogP contribution in [-0.2, 0) is 4.79 Å². The standard InChI is InChI=1S/C11H18N2O/c1-8(2)13-11(14)9(3)6-10-4-5-12-7-10/h5,7-9H,4,6H2,1-3H3,(H,13,14). The molecule has 14 heavy (non-hydrogen) atoms. The van der Waals surface area contributed by atoms with Crippen LogP contribution in [0.3, 0.4) is 0 Å². The van der Waals surface area contributed by atoms with Crippen molar-refractivity contribution < 1.29 is 4.79 Å². The van der Waals surface area contributed by atoms with Crippen LogP contribution >= 0.6 is 0 Å². The molecular formula is C11H18N2O. The first-order chi connectivity index (χ1) is 6.59. The second kappa shape index (κ2) is 4.94. The van der Waals surface area contributed by atoms with Crippen LogP contribution in [0.25, 0.3) is 0 Å². The molecule has 1 amide bonds. The van der Waals surface area contributed by atoms with Gasteiger partial charge in [-0.25, -0.2) is 0 Å². The monoisotopic (exact) mass is 194 g/mol. The van der Waals surface area contributed by atoms with Gasteiger partial charge in [-0.1, -0.05) is 6.92 Å². The maximum atomic E-state index is 11.6. The molecule has 0 spiro atoms. The first-order valence-corrected chi connectivity index (χ1v) is 5.09. The molecule has 3 heteroatoms. The van der Waals surface area contributed by atoms with Crippen LogP contribution in [0.2, 0.25) is 0 Å². The Morgan fingerprint density at radius 2 is 2.29 bits per heavy atom. The average Bonchev–Trinajstić information content (AvgIpc) is 2.55. The van der Waals surface area contributed by atoms with Crippen molar-refractivity contribution >= 4 is 12.1 Å². The van der Waals surface area contributed by atoms with Crippen molar-refractivity contribution in [1.82, 2.24) is 5.32 Å². The number of nitrogens with zero attached hydrogens (tertiary/aromatic N) is 1. The number of nitrogens with one attached hydrogen (secondary N) is 1. The fraction of sp³-hybridized carbons (Fsp3) is 0.636. The lowest BCUT2D eigenvalue weighted by Crippen LogP contribution is -2.34. The molecule has 3 nitrogen and oxygen atoms in total. The lowest BCUT2D eigenvalue weighted by atomic mass is 10.00. The van der Waals surface area contributed by atoms with Gasteiger partial charge in [0.1, 0.15) is 0 Å². The van der Waals surface area contributed by atoms with Crippen LogP contribution in [0.1, 0.15) is 33.6 Å². The van der Waals surface area contributed by atoms with E-state index in [1.165, 1.54) is 5.57 Å². The zero-order valence-corrected chi connectivity index (χ0v) is 9.08. The SMILES string of the molecule is CC(C)NC(=O)C(C)CC1=CN=CC1. The normalized spacial score (nSPS) is 17.0. The minimum atomic E-state index is 0.0466. The third kappa shape index (κ3) is 3.32. The number of carbonyl (C=O) groups excluding carboxylic acids is 1. The van der Waals surface area contributed by atoms with Crippen LogP contribution in [0.15, 0.2) is 16.8 Å². The van der Waals surface area contributed by atoms with Gasteiger partial charge in [0.2, 0.25) is 5.91 Å². The van der Waals surface area contributed by atoms with Crippen molar-refractivity contribution in [3.05, 3.63) is 11.8 Å². The number of allylic oxidation sites excluding steroid dienone is 1. The molecule has 1 atom stereocenters. The Balaban J connectivity index is 2.34. The van der Waals surface area contributed by atoms with Gasteiger partial charge in [-0.3, -0.25) is 9.79 Å². The van der Waals surface area contributed by atoms with Crippen molar-refractivity contribution in [2.75, 3.05) is 0 Å². The molecule has 0 aromatic rings. The van der Waals surface area contributed by atoms with E-state index in [0.717, 1.165) is 12.8 Å². The Hall–Kier alpha value is -1.12. The smallest absolute Gasteiger partial charge is 0.223 e. The maximum Gasteiger partial charge on any atom is 0.223 e. The maximum absolute atomic E-state index is 11.6. The molecule has 0 aliphatic carbocycles. The summed E-state index contributed by atoms with van der Waals surface area (Å²) in [6.45, 7) is 5.90. The van der Waals surface area contributed by atoms with Crippen molar-refractivity contribution in [2.24, 2.45) is 10.9 Å². The summed E-state index contributed by atoms with van der Waals surface area (Å²) < 4.78 is 0. The Kier molecular flexibility index (Phi) is 3.86. The highest BCUT2D eigenvalue weighted by Gasteiger charge is 2.15. The number of hydrogen-bond donors (Lipinski definition) is 1. The number of rotatable bonds is 4. The first-order valence-electron chi connectivity index (χ1n) is 5.09. The molecule has 0 radical (unpaired) electrons. The molecule has 1 unspecified atom stereocenters. The highest BCUT2D eigenvalue weighted by molar-refractivity contribution is 5.79. The van der Waals surface area contributed by atoms with Crippen LogP contribution < -0.4 is 5.32 Å². The van der Waals surface area contributed by atoms with E-state index >= 15 is 0 Å². The first kappa shape index (κ1) is 11.0. The quantitative estimate of drug-likeness (QED) is 0.729. The number of aliphatic imine (C=N–C) groups is 1. The minimum Gasteiger partial charge on any atom is -0.354 e. The zero-order valence-electron chi connectivity index (χ0n) is 9.08. The largest absolute Gasteiger partial charge is 0.354 e. The molecule has 0 aromatic carbocycles. The number of hydrogen-bond acceptors (Lipinski definition) is 2. The molecule has 0 saturated carbocycles. The van der Waals surface area contributed by atoms with Gasteiger partial charge in [0.05, 0.1) is 0 Å². The van der Waals surface area contributed by atoms with E-state index in [4.69, 9.17) is 0 Å². The summed E-state index contributed by atoms with van der Waals surface area (Å²) in [4.78, 5) is 15.6. The summed E-state index contributed by atoms with van der Waals surface area (Å²) in [6, 6.07) is 0.221. The molecule has 1 heterocycles. The molecule has 0 saturated heterocycles. The molecule has 1 aliphatic rings. The van der Waals surface area contributed by atoms with Crippen molar-refractivity contribution in [3.63, 3.8) is 0 Å². The molecule has 1 aliphatic heterocycles. The van der Waals surface area contributed by atoms with Gasteiger partial charge in [-0.15, -0.1) is 0 Å². The summed E-state index contributed by atoms with van der Waals surface area (Å²) in [5, 5.41) is 2.91. The topological polar surface area (TPSA) is 41.5 Å². The van der Waals surface area contributed by atoms with Crippen molar-refractivity contribution in [1.29, 1.82) is 0 Å². The van der Waals surface area contributed by atoms with Gasteiger partial charge in [0.15, 0.2) is 0 Å². The lowest BCUT2D eigenvalue weighted by Gasteiger charge is -2.14. The van der Waals surface area contributed by atoms with E-state index in [2.05, 4.69) is 10.3 Å². The molecule has 0 fully saturated rings. The second-order valence-corrected chi connectivity index (χ2v) is 4.09. The highest BCUT2D eigenvalue weighted by atomic mass is 16.1. The minimum absolute atomic E-state index is 0.0466. The average molecular weight is 194 g/mol. The van der Waals surface area contributed by atoms with E-state index in [0.29, 0.717) is 0 Å². The predicted molar refractivity (Wildman–Crippen MR) is 58.3 cm³/mol. The third-order valence-electron chi connectivity index (χ3n) is 2.16. The van der Waals surface area contributed by atoms with E-state index in [1.807, 2.05) is 33.2 Å². The van der Waals surface area contributed by atoms with Crippen LogP contribution in [-0.4, -0.2) is 18.2 Å². The van der Waals surface area contributed by atoms with Gasteiger partial charge in [-0.2, -0.15) is 0 Å². The second-order valence-electron chi connectivity index (χ2n) is 4.09. The van der Waals surface area contributed by atoms with Gasteiger partial charge in [0.25, 0.3) is 0 Å². The van der Waals surface area contributed by atoms with Crippen LogP contribution in [0.4, 0.5) is 0 Å². The van der Waals surface area contributed by atoms with Crippen LogP contribution in [0, 0.1) is 5.92 Å². The summed E-state index contributed by atoms with van der Waals surface area (Å²) in [6.07, 6.45) is 5.46. The summed E-state index contributed by atoms with van der Waals surface area (Å²) >= 11 is 0. The van der Waals surface area contributed by atoms with Crippen molar-refractivity contribution in [3.8, 4) is 0 Å². The van der Waals surface area contributed by atoms with Crippen LogP contribution in [0.5, 0.6) is 0 Å². The molecule has 0 aromatic heterocycles. The predicted octanol–water partition coefficient (Wildman–Crippen LogP) is 1.90. The summed E-state index contributed by atoms with van der Waals surface area (Å²) in [5.41, 5.74) is 1.25. The van der Waals surface area contributed by atoms with E-state index < -0.39 is 0 Å². The fourth-order valence-electron chi connectivity index (χ4n) is 1.43. The van der Waals surface area contributed by atoms with E-state index in [-0.39, 0.29) is 17.9 Å². The van der Waals surface area contributed by atoms with Crippen molar-refractivity contribution in [2.45, 2.75) is 39.7 Å². The Labute approximate surface area is 85.3 Å². The Morgan fingerprint density at radius 3 is 2.79 bits per heavy atom. The number of carbonyl (C=O) groups is 1. The lowest BCUT2D eigenvalue weighted by molar-refractivity contribution is -0.124. The third-order valence-corrected chi connectivity index (χ3v) is 2.16. The zero-order chi connectivity index (χ0) is 10.6. The number of amides is 1. The molecule has 78 valence electrons. The van der Waals surface area contributed by atoms with E-state index in [9.17, 15) is 4.79 Å². The Bertz CT molecular complexity index is 266. The summed E-state index contributed by atoms with van der Waals surface area (Å²) in [5.74, 6) is 0.179. The molecule has 1 rings (SSSR count). The van der Waals surface area contributed by atoms with E-state index in [1.54, 1.807) is 0 Å². The van der Waals surface area contributed by atoms with Gasteiger partial charge < -0.3 is 5.32 Å². The van der Waals surface area contributed by atoms with Gasteiger partial charge >= 0.3 is 0 Å². The molecule has 0 bridgehead atoms. The summed E-state index contributed by atoms with van der Waals surface area (Å²) in [7, 11) is 0. The molecule has 1 N–H and O–H groups in total. The highest BCUT2D eigenvalue weighted by Crippen LogP contribution is 2.17. The van der Waals surface area contributed by atoms with Gasteiger partial charge in [-0.05, 0) is 25.8 Å². The fourth-order valence-corrected chi connectivity index (χ4v) is 1.43. The Morgan fingerprint density at radius 1 is 1.57 bits per heavy atom. The van der Waals surface area contributed by atoms with Gasteiger partial charge in [0, 0.05) is 30.8 Å².